The Balaban J connectivity index is 2.01. The van der Waals surface area contributed by atoms with Gasteiger partial charge in [-0.05, 0) is 31.4 Å². The molecule has 1 nitrogen and oxygen atoms in total. The number of unbranched alkanes of at least 4 members (excludes halogenated alkanes) is 3. The van der Waals surface area contributed by atoms with Crippen LogP contribution >= 0.6 is 0 Å². The van der Waals surface area contributed by atoms with Crippen LogP contribution in [-0.2, 0) is 0 Å². The van der Waals surface area contributed by atoms with Crippen molar-refractivity contribution in [1.82, 2.24) is 0 Å². The highest BCUT2D eigenvalue weighted by Crippen LogP contribution is 2.07. The van der Waals surface area contributed by atoms with E-state index in [1.807, 2.05) is 30.3 Å². The highest BCUT2D eigenvalue weighted by Gasteiger charge is 1.86. The van der Waals surface area contributed by atoms with Gasteiger partial charge in [0.15, 0.2) is 0 Å². The molecular formula is C17H24O. The minimum atomic E-state index is 0.647. The summed E-state index contributed by atoms with van der Waals surface area (Å²) >= 11 is 0. The topological polar surface area (TPSA) is 9.23 Å². The van der Waals surface area contributed by atoms with Crippen LogP contribution in [0.25, 0.3) is 0 Å². The van der Waals surface area contributed by atoms with Gasteiger partial charge in [-0.2, -0.15) is 0 Å². The zero-order valence-electron chi connectivity index (χ0n) is 11.3. The molecule has 1 heteroatoms. The van der Waals surface area contributed by atoms with Gasteiger partial charge in [-0.25, -0.2) is 0 Å². The summed E-state index contributed by atoms with van der Waals surface area (Å²) in [7, 11) is 0. The molecule has 0 aromatic heterocycles. The van der Waals surface area contributed by atoms with Crippen LogP contribution < -0.4 is 4.74 Å². The van der Waals surface area contributed by atoms with Crippen LogP contribution in [0.3, 0.4) is 0 Å². The zero-order chi connectivity index (χ0) is 12.9. The van der Waals surface area contributed by atoms with E-state index in [4.69, 9.17) is 4.74 Å². The summed E-state index contributed by atoms with van der Waals surface area (Å²) in [5, 5.41) is 0. The summed E-state index contributed by atoms with van der Waals surface area (Å²) in [4.78, 5) is 0. The smallest absolute Gasteiger partial charge is 0.119 e. The van der Waals surface area contributed by atoms with Crippen LogP contribution in [0.15, 0.2) is 54.6 Å². The summed E-state index contributed by atoms with van der Waals surface area (Å²) in [5.74, 6) is 0.928. The van der Waals surface area contributed by atoms with Crippen molar-refractivity contribution in [2.45, 2.75) is 39.0 Å². The fraction of sp³-hybridized carbons (Fsp3) is 0.412. The fourth-order valence-electron chi connectivity index (χ4n) is 1.63. The summed E-state index contributed by atoms with van der Waals surface area (Å²) in [6, 6.07) is 9.91. The minimum absolute atomic E-state index is 0.647. The van der Waals surface area contributed by atoms with E-state index in [2.05, 4.69) is 31.2 Å². The summed E-state index contributed by atoms with van der Waals surface area (Å²) in [6.45, 7) is 2.88. The zero-order valence-corrected chi connectivity index (χ0v) is 11.3. The lowest BCUT2D eigenvalue weighted by molar-refractivity contribution is 0.362. The number of hydrogen-bond donors (Lipinski definition) is 0. The number of ether oxygens (including phenoxy) is 1. The second kappa shape index (κ2) is 10.6. The Morgan fingerprint density at radius 3 is 2.50 bits per heavy atom. The number of allylic oxidation sites excluding steroid dienone is 3. The molecule has 0 aliphatic rings. The fourth-order valence-corrected chi connectivity index (χ4v) is 1.63. The van der Waals surface area contributed by atoms with Crippen molar-refractivity contribution in [3.8, 4) is 5.75 Å². The van der Waals surface area contributed by atoms with Crippen molar-refractivity contribution in [2.24, 2.45) is 0 Å². The average Bonchev–Trinajstić information content (AvgIpc) is 2.42. The number of rotatable bonds is 9. The molecular weight excluding hydrogens is 220 g/mol. The SMILES string of the molecule is CCCCCC=CCC=CCOc1ccccc1. The third-order valence-corrected chi connectivity index (χ3v) is 2.67. The molecule has 0 aliphatic heterocycles. The number of para-hydroxylation sites is 1. The first-order valence-electron chi connectivity index (χ1n) is 6.91. The van der Waals surface area contributed by atoms with Crippen molar-refractivity contribution in [1.29, 1.82) is 0 Å². The third-order valence-electron chi connectivity index (χ3n) is 2.67. The lowest BCUT2D eigenvalue weighted by atomic mass is 10.2. The first-order chi connectivity index (χ1) is 8.93. The average molecular weight is 244 g/mol. The highest BCUT2D eigenvalue weighted by atomic mass is 16.5. The normalized spacial score (nSPS) is 11.4. The van der Waals surface area contributed by atoms with E-state index in [9.17, 15) is 0 Å². The molecule has 98 valence electrons. The van der Waals surface area contributed by atoms with Gasteiger partial charge in [-0.3, -0.25) is 0 Å². The Morgan fingerprint density at radius 1 is 0.944 bits per heavy atom. The molecule has 0 radical (unpaired) electrons. The molecule has 0 N–H and O–H groups in total. The van der Waals surface area contributed by atoms with Crippen LogP contribution in [-0.4, -0.2) is 6.61 Å². The van der Waals surface area contributed by atoms with Gasteiger partial charge in [0, 0.05) is 0 Å². The van der Waals surface area contributed by atoms with E-state index in [0.717, 1.165) is 12.2 Å². The maximum Gasteiger partial charge on any atom is 0.119 e. The Kier molecular flexibility index (Phi) is 8.61. The summed E-state index contributed by atoms with van der Waals surface area (Å²) < 4.78 is 5.55. The number of hydrogen-bond acceptors (Lipinski definition) is 1. The lowest BCUT2D eigenvalue weighted by Crippen LogP contribution is -1.92. The first kappa shape index (κ1) is 14.6. The summed E-state index contributed by atoms with van der Waals surface area (Å²) in [6.07, 6.45) is 14.9. The van der Waals surface area contributed by atoms with Gasteiger partial charge in [0.05, 0.1) is 0 Å². The van der Waals surface area contributed by atoms with Gasteiger partial charge in [-0.15, -0.1) is 0 Å². The molecule has 0 amide bonds. The molecule has 0 unspecified atom stereocenters. The van der Waals surface area contributed by atoms with Crippen LogP contribution in [0.2, 0.25) is 0 Å². The maximum absolute atomic E-state index is 5.55. The van der Waals surface area contributed by atoms with Crippen LogP contribution in [0.4, 0.5) is 0 Å². The van der Waals surface area contributed by atoms with Gasteiger partial charge in [0.25, 0.3) is 0 Å². The second-order valence-electron chi connectivity index (χ2n) is 4.30. The Labute approximate surface area is 111 Å². The van der Waals surface area contributed by atoms with Gasteiger partial charge in [0.1, 0.15) is 12.4 Å². The predicted molar refractivity (Wildman–Crippen MR) is 79.0 cm³/mol. The van der Waals surface area contributed by atoms with Crippen molar-refractivity contribution >= 4 is 0 Å². The largest absolute Gasteiger partial charge is 0.490 e. The lowest BCUT2D eigenvalue weighted by Gasteiger charge is -2.00. The molecule has 0 aliphatic carbocycles. The van der Waals surface area contributed by atoms with E-state index in [-0.39, 0.29) is 0 Å². The molecule has 0 bridgehead atoms. The van der Waals surface area contributed by atoms with Gasteiger partial charge in [-0.1, -0.05) is 62.3 Å². The molecule has 1 rings (SSSR count). The van der Waals surface area contributed by atoms with E-state index in [1.165, 1.54) is 25.7 Å². The minimum Gasteiger partial charge on any atom is -0.490 e. The molecule has 0 heterocycles. The van der Waals surface area contributed by atoms with Crippen molar-refractivity contribution in [2.75, 3.05) is 6.61 Å². The van der Waals surface area contributed by atoms with Crippen molar-refractivity contribution < 1.29 is 4.74 Å². The quantitative estimate of drug-likeness (QED) is 0.431. The Morgan fingerprint density at radius 2 is 1.72 bits per heavy atom. The monoisotopic (exact) mass is 244 g/mol. The van der Waals surface area contributed by atoms with Crippen LogP contribution in [0.5, 0.6) is 5.75 Å². The Hall–Kier alpha value is -1.50. The predicted octanol–water partition coefficient (Wildman–Crippen LogP) is 5.15. The van der Waals surface area contributed by atoms with E-state index in [1.54, 1.807) is 0 Å². The van der Waals surface area contributed by atoms with E-state index >= 15 is 0 Å². The van der Waals surface area contributed by atoms with E-state index < -0.39 is 0 Å². The molecule has 1 aromatic rings. The van der Waals surface area contributed by atoms with Gasteiger partial charge < -0.3 is 4.74 Å². The van der Waals surface area contributed by atoms with E-state index in [0.29, 0.717) is 6.61 Å². The summed E-state index contributed by atoms with van der Waals surface area (Å²) in [5.41, 5.74) is 0. The molecule has 0 saturated heterocycles. The molecule has 0 spiro atoms. The van der Waals surface area contributed by atoms with Crippen LogP contribution in [0.1, 0.15) is 39.0 Å². The maximum atomic E-state index is 5.55. The van der Waals surface area contributed by atoms with Gasteiger partial charge in [0.2, 0.25) is 0 Å². The highest BCUT2D eigenvalue weighted by molar-refractivity contribution is 5.21. The second-order valence-corrected chi connectivity index (χ2v) is 4.30. The standard InChI is InChI=1S/C17H24O/c1-2-3-4-5-6-7-8-9-13-16-18-17-14-11-10-12-15-17/h6-7,9-15H,2-5,8,16H2,1H3. The van der Waals surface area contributed by atoms with Crippen molar-refractivity contribution in [3.63, 3.8) is 0 Å². The molecule has 1 aromatic carbocycles. The third kappa shape index (κ3) is 7.72. The molecule has 0 atom stereocenters. The number of benzene rings is 1. The molecule has 0 saturated carbocycles. The molecule has 0 fully saturated rings. The molecule has 18 heavy (non-hydrogen) atoms. The first-order valence-corrected chi connectivity index (χ1v) is 6.91. The Bertz CT molecular complexity index is 338. The van der Waals surface area contributed by atoms with Crippen LogP contribution in [0, 0.1) is 0 Å². The van der Waals surface area contributed by atoms with Gasteiger partial charge >= 0.3 is 0 Å². The van der Waals surface area contributed by atoms with Crippen molar-refractivity contribution in [3.05, 3.63) is 54.6 Å².